The normalized spacial score (nSPS) is 11.1. The molecule has 3 rings (SSSR count). The van der Waals surface area contributed by atoms with Gasteiger partial charge in [0.2, 0.25) is 17.5 Å². The molecule has 25 heavy (non-hydrogen) atoms. The number of sulfonamides is 1. The molecule has 0 aliphatic rings. The Morgan fingerprint density at radius 3 is 2.36 bits per heavy atom. The SMILES string of the molecule is CN(c1oc(-c2ccc(F)cc2)nc1C#N)S(=O)(=O)c1ccccc1. The van der Waals surface area contributed by atoms with Gasteiger partial charge >= 0.3 is 0 Å². The van der Waals surface area contributed by atoms with Crippen LogP contribution in [-0.4, -0.2) is 20.4 Å². The zero-order chi connectivity index (χ0) is 18.0. The van der Waals surface area contributed by atoms with Crippen molar-refractivity contribution in [1.29, 1.82) is 5.26 Å². The second kappa shape index (κ2) is 6.37. The Bertz CT molecular complexity index is 1040. The quantitative estimate of drug-likeness (QED) is 0.716. The molecule has 8 heteroatoms. The van der Waals surface area contributed by atoms with E-state index in [-0.39, 0.29) is 22.4 Å². The minimum atomic E-state index is -3.91. The molecule has 0 aliphatic heterocycles. The van der Waals surface area contributed by atoms with Crippen molar-refractivity contribution in [3.63, 3.8) is 0 Å². The van der Waals surface area contributed by atoms with E-state index in [4.69, 9.17) is 4.42 Å². The number of nitrogens with zero attached hydrogens (tertiary/aromatic N) is 3. The van der Waals surface area contributed by atoms with Crippen LogP contribution in [-0.2, 0) is 10.0 Å². The first-order chi connectivity index (χ1) is 11.9. The molecule has 0 spiro atoms. The summed E-state index contributed by atoms with van der Waals surface area (Å²) in [5, 5.41) is 9.25. The number of halogens is 1. The number of hydrogen-bond acceptors (Lipinski definition) is 5. The van der Waals surface area contributed by atoms with E-state index in [0.29, 0.717) is 5.56 Å². The molecule has 6 nitrogen and oxygen atoms in total. The molecule has 0 N–H and O–H groups in total. The molecule has 0 bridgehead atoms. The lowest BCUT2D eigenvalue weighted by atomic mass is 10.2. The van der Waals surface area contributed by atoms with Gasteiger partial charge in [0, 0.05) is 12.6 Å². The van der Waals surface area contributed by atoms with Crippen LogP contribution in [0.15, 0.2) is 63.9 Å². The summed E-state index contributed by atoms with van der Waals surface area (Å²) < 4.78 is 44.7. The minimum Gasteiger partial charge on any atom is -0.418 e. The number of anilines is 1. The number of hydrogen-bond donors (Lipinski definition) is 0. The highest BCUT2D eigenvalue weighted by atomic mass is 32.2. The maximum absolute atomic E-state index is 13.0. The van der Waals surface area contributed by atoms with Crippen LogP contribution in [0.4, 0.5) is 10.3 Å². The highest BCUT2D eigenvalue weighted by Gasteiger charge is 2.28. The standard InChI is InChI=1S/C17H12FN3O3S/c1-21(25(22,23)14-5-3-2-4-6-14)17-15(11-19)20-16(24-17)12-7-9-13(18)10-8-12/h2-10H,1H3. The molecule has 0 radical (unpaired) electrons. The fraction of sp³-hybridized carbons (Fsp3) is 0.0588. The first-order valence-electron chi connectivity index (χ1n) is 7.14. The van der Waals surface area contributed by atoms with E-state index in [1.807, 2.05) is 6.07 Å². The number of oxazole rings is 1. The van der Waals surface area contributed by atoms with Crippen LogP contribution in [0.1, 0.15) is 5.69 Å². The second-order valence-corrected chi connectivity index (χ2v) is 7.05. The van der Waals surface area contributed by atoms with Crippen LogP contribution in [0.5, 0.6) is 0 Å². The summed E-state index contributed by atoms with van der Waals surface area (Å²) in [6.45, 7) is 0. The van der Waals surface area contributed by atoms with Gasteiger partial charge in [-0.2, -0.15) is 10.2 Å². The monoisotopic (exact) mass is 357 g/mol. The minimum absolute atomic E-state index is 0.0293. The molecule has 0 fully saturated rings. The average Bonchev–Trinajstić information content (AvgIpc) is 3.06. The van der Waals surface area contributed by atoms with Crippen molar-refractivity contribution in [2.75, 3.05) is 11.4 Å². The predicted molar refractivity (Wildman–Crippen MR) is 88.6 cm³/mol. The lowest BCUT2D eigenvalue weighted by molar-refractivity contribution is 0.563. The van der Waals surface area contributed by atoms with E-state index in [2.05, 4.69) is 4.98 Å². The lowest BCUT2D eigenvalue weighted by Gasteiger charge is -2.16. The number of aromatic nitrogens is 1. The van der Waals surface area contributed by atoms with Crippen molar-refractivity contribution in [3.05, 3.63) is 66.1 Å². The summed E-state index contributed by atoms with van der Waals surface area (Å²) in [5.74, 6) is -0.604. The van der Waals surface area contributed by atoms with Crippen LogP contribution in [0.3, 0.4) is 0 Å². The van der Waals surface area contributed by atoms with Gasteiger partial charge in [0.15, 0.2) is 0 Å². The van der Waals surface area contributed by atoms with Gasteiger partial charge in [0.25, 0.3) is 10.0 Å². The molecule has 126 valence electrons. The summed E-state index contributed by atoms with van der Waals surface area (Å²) in [6.07, 6.45) is 0. The third kappa shape index (κ3) is 3.09. The molecule has 0 saturated heterocycles. The summed E-state index contributed by atoms with van der Waals surface area (Å²) in [7, 11) is -2.64. The fourth-order valence-corrected chi connectivity index (χ4v) is 3.33. The Kier molecular flexibility index (Phi) is 4.25. The first-order valence-corrected chi connectivity index (χ1v) is 8.58. The van der Waals surface area contributed by atoms with E-state index >= 15 is 0 Å². The predicted octanol–water partition coefficient (Wildman–Crippen LogP) is 3.18. The van der Waals surface area contributed by atoms with Gasteiger partial charge in [-0.25, -0.2) is 17.1 Å². The molecule has 3 aromatic rings. The van der Waals surface area contributed by atoms with Crippen LogP contribution < -0.4 is 4.31 Å². The molecule has 1 aromatic heterocycles. The number of rotatable bonds is 4. The van der Waals surface area contributed by atoms with Gasteiger partial charge in [-0.15, -0.1) is 0 Å². The number of benzene rings is 2. The van der Waals surface area contributed by atoms with E-state index in [1.165, 1.54) is 43.4 Å². The van der Waals surface area contributed by atoms with Crippen molar-refractivity contribution < 1.29 is 17.2 Å². The van der Waals surface area contributed by atoms with Crippen molar-refractivity contribution >= 4 is 15.9 Å². The van der Waals surface area contributed by atoms with Gasteiger partial charge < -0.3 is 4.42 Å². The Morgan fingerprint density at radius 1 is 1.12 bits per heavy atom. The van der Waals surface area contributed by atoms with Gasteiger partial charge in [-0.1, -0.05) is 18.2 Å². The van der Waals surface area contributed by atoms with Gasteiger partial charge in [0.1, 0.15) is 11.9 Å². The van der Waals surface area contributed by atoms with Crippen LogP contribution in [0.2, 0.25) is 0 Å². The van der Waals surface area contributed by atoms with Gasteiger partial charge in [-0.3, -0.25) is 0 Å². The summed E-state index contributed by atoms with van der Waals surface area (Å²) in [4.78, 5) is 4.06. The summed E-state index contributed by atoms with van der Waals surface area (Å²) in [6, 6.07) is 14.9. The topological polar surface area (TPSA) is 87.2 Å². The summed E-state index contributed by atoms with van der Waals surface area (Å²) >= 11 is 0. The zero-order valence-electron chi connectivity index (χ0n) is 13.0. The lowest BCUT2D eigenvalue weighted by Crippen LogP contribution is -2.26. The first kappa shape index (κ1) is 16.7. The molecule has 2 aromatic carbocycles. The van der Waals surface area contributed by atoms with Crippen molar-refractivity contribution in [2.24, 2.45) is 0 Å². The average molecular weight is 357 g/mol. The zero-order valence-corrected chi connectivity index (χ0v) is 13.9. The molecule has 0 unspecified atom stereocenters. The number of nitriles is 1. The maximum Gasteiger partial charge on any atom is 0.266 e. The highest BCUT2D eigenvalue weighted by molar-refractivity contribution is 7.92. The Hall–Kier alpha value is -3.18. The molecule has 0 amide bonds. The van der Waals surface area contributed by atoms with Crippen LogP contribution >= 0.6 is 0 Å². The molecular weight excluding hydrogens is 345 g/mol. The second-order valence-electron chi connectivity index (χ2n) is 5.08. The van der Waals surface area contributed by atoms with Crippen LogP contribution in [0, 0.1) is 17.1 Å². The van der Waals surface area contributed by atoms with Gasteiger partial charge in [-0.05, 0) is 36.4 Å². The molecule has 0 aliphatic carbocycles. The van der Waals surface area contributed by atoms with Crippen molar-refractivity contribution in [1.82, 2.24) is 4.98 Å². The molecule has 1 heterocycles. The fourth-order valence-electron chi connectivity index (χ4n) is 2.17. The smallest absolute Gasteiger partial charge is 0.266 e. The van der Waals surface area contributed by atoms with E-state index in [9.17, 15) is 18.1 Å². The van der Waals surface area contributed by atoms with Gasteiger partial charge in [0.05, 0.1) is 4.90 Å². The third-order valence-corrected chi connectivity index (χ3v) is 5.25. The van der Waals surface area contributed by atoms with E-state index < -0.39 is 15.8 Å². The Labute approximate surface area is 143 Å². The third-order valence-electron chi connectivity index (χ3n) is 3.49. The molecule has 0 saturated carbocycles. The van der Waals surface area contributed by atoms with E-state index in [1.54, 1.807) is 18.2 Å². The van der Waals surface area contributed by atoms with Crippen LogP contribution in [0.25, 0.3) is 11.5 Å². The Morgan fingerprint density at radius 2 is 1.76 bits per heavy atom. The summed E-state index contributed by atoms with van der Waals surface area (Å²) in [5.41, 5.74) is 0.246. The largest absolute Gasteiger partial charge is 0.418 e. The van der Waals surface area contributed by atoms with Crippen molar-refractivity contribution in [3.8, 4) is 17.5 Å². The molecule has 0 atom stereocenters. The molecular formula is C17H12FN3O3S. The highest BCUT2D eigenvalue weighted by Crippen LogP contribution is 2.30. The maximum atomic E-state index is 13.0. The van der Waals surface area contributed by atoms with Crippen molar-refractivity contribution in [2.45, 2.75) is 4.90 Å². The Balaban J connectivity index is 2.05. The van der Waals surface area contributed by atoms with E-state index in [0.717, 1.165) is 4.31 Å².